The summed E-state index contributed by atoms with van der Waals surface area (Å²) in [6.45, 7) is 4.57. The first-order valence-corrected chi connectivity index (χ1v) is 6.05. The minimum absolute atomic E-state index is 0.109. The van der Waals surface area contributed by atoms with Gasteiger partial charge in [0.15, 0.2) is 0 Å². The summed E-state index contributed by atoms with van der Waals surface area (Å²) in [5.41, 5.74) is 0.239. The van der Waals surface area contributed by atoms with Crippen LogP contribution in [-0.2, 0) is 0 Å². The van der Waals surface area contributed by atoms with Gasteiger partial charge in [0, 0.05) is 11.6 Å². The van der Waals surface area contributed by atoms with E-state index in [-0.39, 0.29) is 11.6 Å². The Morgan fingerprint density at radius 1 is 1.07 bits per heavy atom. The highest BCUT2D eigenvalue weighted by atomic mass is 16.3. The maximum absolute atomic E-state index is 9.87. The molecule has 0 saturated heterocycles. The van der Waals surface area contributed by atoms with Crippen LogP contribution in [0.4, 0.5) is 0 Å². The summed E-state index contributed by atoms with van der Waals surface area (Å²) in [5.74, 6) is 0.844. The number of hydrogen-bond donors (Lipinski definition) is 2. The van der Waals surface area contributed by atoms with Gasteiger partial charge in [0.2, 0.25) is 0 Å². The lowest BCUT2D eigenvalue weighted by Gasteiger charge is -2.37. The molecular weight excluding hydrogens is 174 g/mol. The van der Waals surface area contributed by atoms with Gasteiger partial charge in [-0.3, -0.25) is 0 Å². The molecule has 2 fully saturated rings. The van der Waals surface area contributed by atoms with Gasteiger partial charge in [-0.05, 0) is 45.4 Å². The normalized spacial score (nSPS) is 34.5. The zero-order valence-electron chi connectivity index (χ0n) is 9.42. The molecule has 2 N–H and O–H groups in total. The number of aliphatic hydroxyl groups excluding tert-OH is 1. The summed E-state index contributed by atoms with van der Waals surface area (Å²) in [7, 11) is 0. The summed E-state index contributed by atoms with van der Waals surface area (Å²) < 4.78 is 0. The van der Waals surface area contributed by atoms with Gasteiger partial charge in [0.25, 0.3) is 0 Å². The van der Waals surface area contributed by atoms with Crippen molar-refractivity contribution in [2.75, 3.05) is 0 Å². The van der Waals surface area contributed by atoms with Crippen molar-refractivity contribution in [1.82, 2.24) is 5.32 Å². The quantitative estimate of drug-likeness (QED) is 0.726. The van der Waals surface area contributed by atoms with E-state index in [0.29, 0.717) is 6.04 Å². The molecule has 2 aliphatic carbocycles. The standard InChI is InChI=1S/C12H23NO/c1-12(2,9-7-8-9)13-10-5-3-4-6-11(10)14/h9-11,13-14H,3-8H2,1-2H3/t10-,11-/m0/s1. The number of aliphatic hydroxyl groups is 1. The topological polar surface area (TPSA) is 32.3 Å². The van der Waals surface area contributed by atoms with Crippen LogP contribution < -0.4 is 5.32 Å². The van der Waals surface area contributed by atoms with E-state index in [1.54, 1.807) is 0 Å². The van der Waals surface area contributed by atoms with Crippen LogP contribution in [0.5, 0.6) is 0 Å². The van der Waals surface area contributed by atoms with Crippen molar-refractivity contribution in [3.05, 3.63) is 0 Å². The minimum atomic E-state index is -0.109. The highest BCUT2D eigenvalue weighted by Crippen LogP contribution is 2.40. The van der Waals surface area contributed by atoms with Crippen molar-refractivity contribution in [3.8, 4) is 0 Å². The van der Waals surface area contributed by atoms with E-state index < -0.39 is 0 Å². The SMILES string of the molecule is CC(C)(N[C@H]1CCCC[C@@H]1O)C1CC1. The van der Waals surface area contributed by atoms with E-state index in [4.69, 9.17) is 0 Å². The first kappa shape index (κ1) is 10.4. The Kier molecular flexibility index (Phi) is 2.85. The lowest BCUT2D eigenvalue weighted by Crippen LogP contribution is -2.53. The third kappa shape index (κ3) is 2.29. The Labute approximate surface area is 87.1 Å². The molecule has 0 aromatic carbocycles. The molecule has 0 aromatic rings. The molecule has 0 aromatic heterocycles. The fourth-order valence-electron chi connectivity index (χ4n) is 2.68. The molecule has 0 amide bonds. The minimum Gasteiger partial charge on any atom is -0.392 e. The Hall–Kier alpha value is -0.0800. The molecule has 14 heavy (non-hydrogen) atoms. The Balaban J connectivity index is 1.88. The van der Waals surface area contributed by atoms with Gasteiger partial charge < -0.3 is 10.4 Å². The number of nitrogens with one attached hydrogen (secondary N) is 1. The van der Waals surface area contributed by atoms with E-state index in [1.807, 2.05) is 0 Å². The van der Waals surface area contributed by atoms with Crippen molar-refractivity contribution in [2.45, 2.75) is 70.1 Å². The molecule has 0 radical (unpaired) electrons. The lowest BCUT2D eigenvalue weighted by atomic mass is 9.89. The predicted molar refractivity (Wildman–Crippen MR) is 58.2 cm³/mol. The van der Waals surface area contributed by atoms with Crippen LogP contribution in [-0.4, -0.2) is 22.8 Å². The molecule has 82 valence electrons. The van der Waals surface area contributed by atoms with Gasteiger partial charge in [-0.2, -0.15) is 0 Å². The van der Waals surface area contributed by atoms with Gasteiger partial charge in [0.1, 0.15) is 0 Å². The monoisotopic (exact) mass is 197 g/mol. The summed E-state index contributed by atoms with van der Waals surface area (Å²) in [6, 6.07) is 0.347. The Bertz CT molecular complexity index is 198. The van der Waals surface area contributed by atoms with Crippen LogP contribution in [0.25, 0.3) is 0 Å². The van der Waals surface area contributed by atoms with Crippen molar-refractivity contribution in [1.29, 1.82) is 0 Å². The van der Waals surface area contributed by atoms with E-state index in [9.17, 15) is 5.11 Å². The molecule has 2 nitrogen and oxygen atoms in total. The second kappa shape index (κ2) is 3.82. The van der Waals surface area contributed by atoms with Gasteiger partial charge in [-0.1, -0.05) is 12.8 Å². The van der Waals surface area contributed by atoms with Crippen molar-refractivity contribution >= 4 is 0 Å². The fraction of sp³-hybridized carbons (Fsp3) is 1.00. The highest BCUT2D eigenvalue weighted by molar-refractivity contribution is 4.97. The lowest BCUT2D eigenvalue weighted by molar-refractivity contribution is 0.0726. The maximum Gasteiger partial charge on any atom is 0.0693 e. The van der Waals surface area contributed by atoms with Crippen molar-refractivity contribution < 1.29 is 5.11 Å². The van der Waals surface area contributed by atoms with Gasteiger partial charge >= 0.3 is 0 Å². The molecule has 0 heterocycles. The molecule has 0 bridgehead atoms. The van der Waals surface area contributed by atoms with Crippen LogP contribution in [0.2, 0.25) is 0 Å². The predicted octanol–water partition coefficient (Wildman–Crippen LogP) is 2.07. The molecule has 0 aliphatic heterocycles. The van der Waals surface area contributed by atoms with E-state index >= 15 is 0 Å². The second-order valence-corrected chi connectivity index (χ2v) is 5.60. The summed E-state index contributed by atoms with van der Waals surface area (Å²) in [6.07, 6.45) is 7.22. The third-order valence-electron chi connectivity index (χ3n) is 3.88. The van der Waals surface area contributed by atoms with Crippen LogP contribution in [0.15, 0.2) is 0 Å². The Morgan fingerprint density at radius 3 is 2.29 bits per heavy atom. The third-order valence-corrected chi connectivity index (χ3v) is 3.88. The van der Waals surface area contributed by atoms with Gasteiger partial charge in [0.05, 0.1) is 6.10 Å². The van der Waals surface area contributed by atoms with Crippen LogP contribution in [0.3, 0.4) is 0 Å². The van der Waals surface area contributed by atoms with Crippen LogP contribution >= 0.6 is 0 Å². The first-order chi connectivity index (χ1) is 6.59. The largest absolute Gasteiger partial charge is 0.392 e. The van der Waals surface area contributed by atoms with Gasteiger partial charge in [-0.15, -0.1) is 0 Å². The summed E-state index contributed by atoms with van der Waals surface area (Å²) in [4.78, 5) is 0. The van der Waals surface area contributed by atoms with E-state index in [0.717, 1.165) is 18.8 Å². The molecule has 2 heteroatoms. The highest BCUT2D eigenvalue weighted by Gasteiger charge is 2.40. The molecule has 2 aliphatic rings. The number of hydrogen-bond acceptors (Lipinski definition) is 2. The zero-order chi connectivity index (χ0) is 10.2. The van der Waals surface area contributed by atoms with E-state index in [2.05, 4.69) is 19.2 Å². The molecule has 2 atom stereocenters. The van der Waals surface area contributed by atoms with Crippen molar-refractivity contribution in [3.63, 3.8) is 0 Å². The smallest absolute Gasteiger partial charge is 0.0693 e. The van der Waals surface area contributed by atoms with Gasteiger partial charge in [-0.25, -0.2) is 0 Å². The Morgan fingerprint density at radius 2 is 1.71 bits per heavy atom. The van der Waals surface area contributed by atoms with E-state index in [1.165, 1.54) is 25.7 Å². The second-order valence-electron chi connectivity index (χ2n) is 5.60. The summed E-state index contributed by atoms with van der Waals surface area (Å²) in [5, 5.41) is 13.5. The average Bonchev–Trinajstić information content (AvgIpc) is 2.91. The zero-order valence-corrected chi connectivity index (χ0v) is 9.42. The fourth-order valence-corrected chi connectivity index (χ4v) is 2.68. The molecule has 0 spiro atoms. The molecule has 2 rings (SSSR count). The van der Waals surface area contributed by atoms with Crippen LogP contribution in [0, 0.1) is 5.92 Å². The van der Waals surface area contributed by atoms with Crippen molar-refractivity contribution in [2.24, 2.45) is 5.92 Å². The molecule has 2 saturated carbocycles. The first-order valence-electron chi connectivity index (χ1n) is 6.05. The molecule has 0 unspecified atom stereocenters. The molecular formula is C12H23NO. The average molecular weight is 197 g/mol. The number of rotatable bonds is 3. The summed E-state index contributed by atoms with van der Waals surface area (Å²) >= 11 is 0. The maximum atomic E-state index is 9.87. The van der Waals surface area contributed by atoms with Crippen LogP contribution in [0.1, 0.15) is 52.4 Å².